The molecule has 26 heavy (non-hydrogen) atoms. The molecule has 0 aliphatic rings. The van der Waals surface area contributed by atoms with Gasteiger partial charge in [0.15, 0.2) is 0 Å². The summed E-state index contributed by atoms with van der Waals surface area (Å²) in [5.74, 6) is 0.218. The second-order valence-corrected chi connectivity index (χ2v) is 6.23. The maximum Gasteiger partial charge on any atom is 0.345 e. The average Bonchev–Trinajstić information content (AvgIpc) is 2.61. The standard InChI is InChI=1S/C20H22N4O2/c1-12-10-15(22-8-7-21)4-5-16(12)18-11-17(23-20(26)24-18)14-3-6-19(25)13(2)9-14/h3-6,9-11,22,25H,7-8,21H2,1-2H3,(H,23,24,26). The molecule has 0 aliphatic carbocycles. The lowest BCUT2D eigenvalue weighted by Crippen LogP contribution is -2.13. The van der Waals surface area contributed by atoms with Crippen molar-refractivity contribution in [2.75, 3.05) is 18.4 Å². The zero-order valence-corrected chi connectivity index (χ0v) is 14.8. The van der Waals surface area contributed by atoms with Gasteiger partial charge in [-0.3, -0.25) is 0 Å². The Morgan fingerprint density at radius 2 is 1.92 bits per heavy atom. The minimum Gasteiger partial charge on any atom is -0.508 e. The number of H-pyrrole nitrogens is 1. The van der Waals surface area contributed by atoms with Crippen LogP contribution >= 0.6 is 0 Å². The summed E-state index contributed by atoms with van der Waals surface area (Å²) >= 11 is 0. The van der Waals surface area contributed by atoms with Crippen molar-refractivity contribution in [2.45, 2.75) is 13.8 Å². The molecule has 0 saturated carbocycles. The van der Waals surface area contributed by atoms with E-state index in [1.807, 2.05) is 44.2 Å². The van der Waals surface area contributed by atoms with Gasteiger partial charge in [0.25, 0.3) is 0 Å². The van der Waals surface area contributed by atoms with Crippen LogP contribution in [-0.4, -0.2) is 28.2 Å². The van der Waals surface area contributed by atoms with E-state index >= 15 is 0 Å². The number of nitrogens with one attached hydrogen (secondary N) is 2. The first-order valence-electron chi connectivity index (χ1n) is 8.44. The number of nitrogens with two attached hydrogens (primary N) is 1. The van der Waals surface area contributed by atoms with E-state index in [2.05, 4.69) is 15.3 Å². The van der Waals surface area contributed by atoms with Crippen molar-refractivity contribution in [3.63, 3.8) is 0 Å². The first-order chi connectivity index (χ1) is 12.5. The Kier molecular flexibility index (Phi) is 5.04. The van der Waals surface area contributed by atoms with Gasteiger partial charge in [0.1, 0.15) is 5.75 Å². The molecule has 6 nitrogen and oxygen atoms in total. The number of phenolic OH excluding ortho intramolecular Hbond substituents is 1. The van der Waals surface area contributed by atoms with E-state index in [1.165, 1.54) is 0 Å². The normalized spacial score (nSPS) is 10.7. The van der Waals surface area contributed by atoms with Crippen LogP contribution in [0, 0.1) is 13.8 Å². The second-order valence-electron chi connectivity index (χ2n) is 6.23. The number of nitrogens with zero attached hydrogens (tertiary/aromatic N) is 1. The SMILES string of the molecule is Cc1cc(-c2cc(-c3ccc(NCCN)cc3C)[nH]c(=O)n2)ccc1O. The van der Waals surface area contributed by atoms with Crippen LogP contribution in [0.25, 0.3) is 22.5 Å². The molecule has 0 radical (unpaired) electrons. The molecule has 134 valence electrons. The maximum atomic E-state index is 12.1. The predicted octanol–water partition coefficient (Wildman–Crippen LogP) is 2.80. The number of anilines is 1. The van der Waals surface area contributed by atoms with Gasteiger partial charge in [0.2, 0.25) is 0 Å². The Labute approximate surface area is 151 Å². The van der Waals surface area contributed by atoms with Gasteiger partial charge in [-0.25, -0.2) is 4.79 Å². The van der Waals surface area contributed by atoms with Gasteiger partial charge in [0, 0.05) is 29.9 Å². The van der Waals surface area contributed by atoms with Gasteiger partial charge < -0.3 is 21.1 Å². The lowest BCUT2D eigenvalue weighted by Gasteiger charge is -2.11. The number of hydrogen-bond acceptors (Lipinski definition) is 5. The Hall–Kier alpha value is -3.12. The molecule has 0 amide bonds. The van der Waals surface area contributed by atoms with Gasteiger partial charge in [-0.2, -0.15) is 4.98 Å². The second kappa shape index (κ2) is 7.41. The monoisotopic (exact) mass is 350 g/mol. The third-order valence-electron chi connectivity index (χ3n) is 4.23. The van der Waals surface area contributed by atoms with E-state index in [1.54, 1.807) is 12.1 Å². The molecule has 0 fully saturated rings. The Morgan fingerprint density at radius 1 is 1.12 bits per heavy atom. The van der Waals surface area contributed by atoms with Crippen molar-refractivity contribution >= 4 is 5.69 Å². The van der Waals surface area contributed by atoms with Crippen LogP contribution in [0.15, 0.2) is 47.3 Å². The quantitative estimate of drug-likeness (QED) is 0.566. The zero-order chi connectivity index (χ0) is 18.7. The number of aryl methyl sites for hydroxylation is 2. The first-order valence-corrected chi connectivity index (χ1v) is 8.44. The lowest BCUT2D eigenvalue weighted by molar-refractivity contribution is 0.471. The van der Waals surface area contributed by atoms with Crippen molar-refractivity contribution in [1.82, 2.24) is 9.97 Å². The molecular weight excluding hydrogens is 328 g/mol. The lowest BCUT2D eigenvalue weighted by atomic mass is 10.0. The fourth-order valence-corrected chi connectivity index (χ4v) is 2.86. The summed E-state index contributed by atoms with van der Waals surface area (Å²) in [6, 6.07) is 13.0. The molecule has 0 unspecified atom stereocenters. The molecule has 0 aliphatic heterocycles. The largest absolute Gasteiger partial charge is 0.508 e. The van der Waals surface area contributed by atoms with Crippen LogP contribution in [0.5, 0.6) is 5.75 Å². The number of rotatable bonds is 5. The van der Waals surface area contributed by atoms with Gasteiger partial charge in [-0.15, -0.1) is 0 Å². The Bertz CT molecular complexity index is 995. The molecule has 0 bridgehead atoms. The number of aromatic hydroxyl groups is 1. The van der Waals surface area contributed by atoms with E-state index in [0.29, 0.717) is 24.5 Å². The number of phenols is 1. The van der Waals surface area contributed by atoms with E-state index < -0.39 is 5.69 Å². The van der Waals surface area contributed by atoms with E-state index in [-0.39, 0.29) is 5.75 Å². The molecule has 3 aromatic rings. The molecule has 1 aromatic heterocycles. The highest BCUT2D eigenvalue weighted by Crippen LogP contribution is 2.28. The fourth-order valence-electron chi connectivity index (χ4n) is 2.86. The maximum absolute atomic E-state index is 12.1. The third kappa shape index (κ3) is 3.75. The van der Waals surface area contributed by atoms with Crippen LogP contribution in [0.3, 0.4) is 0 Å². The van der Waals surface area contributed by atoms with Crippen LogP contribution in [0.4, 0.5) is 5.69 Å². The average molecular weight is 350 g/mol. The summed E-state index contributed by atoms with van der Waals surface area (Å²) in [5, 5.41) is 12.9. The molecule has 2 aromatic carbocycles. The van der Waals surface area contributed by atoms with Crippen LogP contribution in [0.2, 0.25) is 0 Å². The van der Waals surface area contributed by atoms with Crippen LogP contribution < -0.4 is 16.7 Å². The van der Waals surface area contributed by atoms with Crippen molar-refractivity contribution in [1.29, 1.82) is 0 Å². The van der Waals surface area contributed by atoms with Gasteiger partial charge in [0.05, 0.1) is 11.4 Å². The first kappa shape index (κ1) is 17.7. The molecule has 5 N–H and O–H groups in total. The fraction of sp³-hybridized carbons (Fsp3) is 0.200. The highest BCUT2D eigenvalue weighted by Gasteiger charge is 2.09. The predicted molar refractivity (Wildman–Crippen MR) is 104 cm³/mol. The molecule has 0 spiro atoms. The summed E-state index contributed by atoms with van der Waals surface area (Å²) in [4.78, 5) is 19.0. The van der Waals surface area contributed by atoms with Gasteiger partial charge >= 0.3 is 5.69 Å². The van der Waals surface area contributed by atoms with Crippen LogP contribution in [0.1, 0.15) is 11.1 Å². The molecule has 0 atom stereocenters. The summed E-state index contributed by atoms with van der Waals surface area (Å²) in [6.07, 6.45) is 0. The molecule has 0 saturated heterocycles. The van der Waals surface area contributed by atoms with Crippen LogP contribution in [-0.2, 0) is 0 Å². The number of benzene rings is 2. The summed E-state index contributed by atoms with van der Waals surface area (Å²) in [6.45, 7) is 5.07. The third-order valence-corrected chi connectivity index (χ3v) is 4.23. The Morgan fingerprint density at radius 3 is 2.62 bits per heavy atom. The van der Waals surface area contributed by atoms with E-state index in [4.69, 9.17) is 5.73 Å². The summed E-state index contributed by atoms with van der Waals surface area (Å²) < 4.78 is 0. The highest BCUT2D eigenvalue weighted by molar-refractivity contribution is 5.72. The number of aromatic amines is 1. The van der Waals surface area contributed by atoms with Crippen molar-refractivity contribution < 1.29 is 5.11 Å². The number of hydrogen-bond donors (Lipinski definition) is 4. The molecule has 3 rings (SSSR count). The highest BCUT2D eigenvalue weighted by atomic mass is 16.3. The van der Waals surface area contributed by atoms with E-state index in [0.717, 1.165) is 27.9 Å². The van der Waals surface area contributed by atoms with Crippen molar-refractivity contribution in [2.24, 2.45) is 5.73 Å². The topological polar surface area (TPSA) is 104 Å². The number of aromatic nitrogens is 2. The Balaban J connectivity index is 2.02. The zero-order valence-electron chi connectivity index (χ0n) is 14.8. The minimum atomic E-state index is -0.409. The van der Waals surface area contributed by atoms with Gasteiger partial charge in [-0.1, -0.05) is 6.07 Å². The van der Waals surface area contributed by atoms with E-state index in [9.17, 15) is 9.90 Å². The molecular formula is C20H22N4O2. The summed E-state index contributed by atoms with van der Waals surface area (Å²) in [5.41, 5.74) is 10.8. The summed E-state index contributed by atoms with van der Waals surface area (Å²) in [7, 11) is 0. The smallest absolute Gasteiger partial charge is 0.345 e. The van der Waals surface area contributed by atoms with Gasteiger partial charge in [-0.05, 0) is 61.4 Å². The van der Waals surface area contributed by atoms with Crippen molar-refractivity contribution in [3.8, 4) is 28.3 Å². The molecule has 1 heterocycles. The van der Waals surface area contributed by atoms with Crippen molar-refractivity contribution in [3.05, 3.63) is 64.1 Å². The molecule has 6 heteroatoms. The minimum absolute atomic E-state index is 0.218.